The van der Waals surface area contributed by atoms with Crippen LogP contribution in [0.1, 0.15) is 40.0 Å². The van der Waals surface area contributed by atoms with E-state index in [4.69, 9.17) is 14.2 Å². The predicted molar refractivity (Wildman–Crippen MR) is 136 cm³/mol. The number of Topliss-reactive ketones (excluding diaryl/α,β-unsaturated/α-hetero) is 1. The van der Waals surface area contributed by atoms with E-state index >= 15 is 0 Å². The second kappa shape index (κ2) is 9.81. The summed E-state index contributed by atoms with van der Waals surface area (Å²) < 4.78 is 16.3. The molecule has 2 aliphatic heterocycles. The number of aliphatic hydroxyl groups is 1. The number of hydrogen-bond acceptors (Lipinski definition) is 7. The maximum absolute atomic E-state index is 13.5. The zero-order valence-corrected chi connectivity index (χ0v) is 20.4. The number of fused-ring (bicyclic) bond motifs is 1. The number of rotatable bonds is 5. The number of hydrogen-bond donors (Lipinski definition) is 1. The van der Waals surface area contributed by atoms with Crippen molar-refractivity contribution < 1.29 is 33.7 Å². The van der Waals surface area contributed by atoms with Gasteiger partial charge in [0.05, 0.1) is 23.8 Å². The Morgan fingerprint density at radius 1 is 0.973 bits per heavy atom. The molecule has 0 spiro atoms. The molecule has 1 atom stereocenters. The summed E-state index contributed by atoms with van der Waals surface area (Å²) in [6, 6.07) is 17.6. The first kappa shape index (κ1) is 24.1. The average Bonchev–Trinajstić information content (AvgIpc) is 3.18. The highest BCUT2D eigenvalue weighted by Gasteiger charge is 2.47. The third-order valence-electron chi connectivity index (χ3n) is 6.38. The smallest absolute Gasteiger partial charge is 0.338 e. The van der Waals surface area contributed by atoms with Gasteiger partial charge >= 0.3 is 5.97 Å². The van der Waals surface area contributed by atoms with E-state index in [1.54, 1.807) is 43.3 Å². The molecule has 1 fully saturated rings. The summed E-state index contributed by atoms with van der Waals surface area (Å²) in [5.41, 5.74) is 2.34. The first-order valence-electron chi connectivity index (χ1n) is 11.9. The van der Waals surface area contributed by atoms with Crippen molar-refractivity contribution in [1.29, 1.82) is 0 Å². The van der Waals surface area contributed by atoms with Crippen LogP contribution in [-0.4, -0.2) is 42.6 Å². The number of nitrogens with zero attached hydrogens (tertiary/aromatic N) is 1. The van der Waals surface area contributed by atoms with Gasteiger partial charge < -0.3 is 19.3 Å². The molecule has 0 aliphatic carbocycles. The second-order valence-corrected chi connectivity index (χ2v) is 8.65. The van der Waals surface area contributed by atoms with Gasteiger partial charge in [0, 0.05) is 11.3 Å². The summed E-state index contributed by atoms with van der Waals surface area (Å²) in [5, 5.41) is 11.4. The average molecular weight is 500 g/mol. The van der Waals surface area contributed by atoms with Crippen molar-refractivity contribution >= 4 is 29.1 Å². The molecule has 2 heterocycles. The fourth-order valence-corrected chi connectivity index (χ4v) is 4.63. The maximum atomic E-state index is 13.5. The number of ether oxygens (including phenoxy) is 3. The largest absolute Gasteiger partial charge is 0.507 e. The lowest BCUT2D eigenvalue weighted by Gasteiger charge is -2.27. The number of benzene rings is 3. The van der Waals surface area contributed by atoms with Gasteiger partial charge in [-0.15, -0.1) is 0 Å². The molecule has 37 heavy (non-hydrogen) atoms. The molecule has 3 aromatic rings. The fourth-order valence-electron chi connectivity index (χ4n) is 4.63. The van der Waals surface area contributed by atoms with Crippen LogP contribution in [0, 0.1) is 6.92 Å². The summed E-state index contributed by atoms with van der Waals surface area (Å²) in [4.78, 5) is 40.6. The summed E-state index contributed by atoms with van der Waals surface area (Å²) in [6.45, 7) is 4.56. The van der Waals surface area contributed by atoms with E-state index in [1.165, 1.54) is 11.0 Å². The van der Waals surface area contributed by atoms with E-state index < -0.39 is 23.7 Å². The number of aryl methyl sites for hydroxylation is 1. The Kier molecular flexibility index (Phi) is 6.40. The Morgan fingerprint density at radius 2 is 1.73 bits per heavy atom. The van der Waals surface area contributed by atoms with Crippen LogP contribution >= 0.6 is 0 Å². The van der Waals surface area contributed by atoms with E-state index in [0.717, 1.165) is 5.56 Å². The van der Waals surface area contributed by atoms with Crippen LogP contribution in [0.25, 0.3) is 5.76 Å². The molecule has 0 radical (unpaired) electrons. The zero-order valence-electron chi connectivity index (χ0n) is 20.4. The lowest BCUT2D eigenvalue weighted by molar-refractivity contribution is -0.132. The predicted octanol–water partition coefficient (Wildman–Crippen LogP) is 4.57. The highest BCUT2D eigenvalue weighted by atomic mass is 16.6. The topological polar surface area (TPSA) is 102 Å². The number of carbonyl (C=O) groups excluding carboxylic acids is 3. The number of ketones is 1. The fraction of sp³-hybridized carbons (Fsp3) is 0.207. The van der Waals surface area contributed by atoms with Crippen molar-refractivity contribution in [3.8, 4) is 11.5 Å². The number of carbonyl (C=O) groups is 3. The molecule has 8 heteroatoms. The first-order chi connectivity index (χ1) is 17.9. The van der Waals surface area contributed by atoms with Gasteiger partial charge in [-0.2, -0.15) is 0 Å². The Hall–Kier alpha value is -4.59. The van der Waals surface area contributed by atoms with Crippen molar-refractivity contribution in [2.45, 2.75) is 19.9 Å². The lowest BCUT2D eigenvalue weighted by Crippen LogP contribution is -2.30. The van der Waals surface area contributed by atoms with Crippen LogP contribution in [0.2, 0.25) is 0 Å². The van der Waals surface area contributed by atoms with Crippen molar-refractivity contribution in [2.75, 3.05) is 24.7 Å². The molecule has 1 unspecified atom stereocenters. The Labute approximate surface area is 213 Å². The Morgan fingerprint density at radius 3 is 2.49 bits per heavy atom. The van der Waals surface area contributed by atoms with E-state index in [-0.39, 0.29) is 23.5 Å². The summed E-state index contributed by atoms with van der Waals surface area (Å²) >= 11 is 0. The number of aliphatic hydroxyl groups excluding tert-OH is 1. The lowest BCUT2D eigenvalue weighted by atomic mass is 9.92. The van der Waals surface area contributed by atoms with Crippen LogP contribution in [0.4, 0.5) is 5.69 Å². The SMILES string of the molecule is CCOC(=O)c1cccc(N2C(=O)C(=O)/C(=C(/O)c3ccc4c(c3)OCCO4)C2c2ccccc2C)c1. The molecular formula is C29H25NO7. The summed E-state index contributed by atoms with van der Waals surface area (Å²) in [5.74, 6) is -1.53. The van der Waals surface area contributed by atoms with E-state index in [0.29, 0.717) is 41.5 Å². The van der Waals surface area contributed by atoms with Gasteiger partial charge in [-0.3, -0.25) is 14.5 Å². The maximum Gasteiger partial charge on any atom is 0.338 e. The summed E-state index contributed by atoms with van der Waals surface area (Å²) in [7, 11) is 0. The Bertz CT molecular complexity index is 1440. The van der Waals surface area contributed by atoms with Crippen LogP contribution in [0.15, 0.2) is 72.3 Å². The van der Waals surface area contributed by atoms with Gasteiger partial charge in [0.1, 0.15) is 19.0 Å². The molecule has 0 bridgehead atoms. The molecule has 1 N–H and O–H groups in total. The third kappa shape index (κ3) is 4.31. The number of esters is 1. The molecule has 2 aliphatic rings. The van der Waals surface area contributed by atoms with Crippen LogP contribution < -0.4 is 14.4 Å². The van der Waals surface area contributed by atoms with Gasteiger partial charge in [-0.05, 0) is 61.4 Å². The molecule has 5 rings (SSSR count). The van der Waals surface area contributed by atoms with Crippen molar-refractivity contribution in [3.63, 3.8) is 0 Å². The minimum Gasteiger partial charge on any atom is -0.507 e. The second-order valence-electron chi connectivity index (χ2n) is 8.65. The molecule has 3 aromatic carbocycles. The normalized spacial score (nSPS) is 18.1. The zero-order chi connectivity index (χ0) is 26.1. The van der Waals surface area contributed by atoms with Gasteiger partial charge in [0.2, 0.25) is 0 Å². The van der Waals surface area contributed by atoms with Crippen LogP contribution in [-0.2, 0) is 14.3 Å². The van der Waals surface area contributed by atoms with Gasteiger partial charge in [-0.25, -0.2) is 4.79 Å². The molecule has 1 amide bonds. The van der Waals surface area contributed by atoms with Crippen LogP contribution in [0.5, 0.6) is 11.5 Å². The minimum absolute atomic E-state index is 0.0579. The standard InChI is InChI=1S/C29H25NO7/c1-3-35-29(34)19-8-6-9-20(15-19)30-25(21-10-5-4-7-17(21)2)24(27(32)28(30)33)26(31)18-11-12-22-23(16-18)37-14-13-36-22/h4-12,15-16,25,31H,3,13-14H2,1-2H3/b26-24+. The highest BCUT2D eigenvalue weighted by molar-refractivity contribution is 6.51. The first-order valence-corrected chi connectivity index (χ1v) is 11.9. The molecule has 8 nitrogen and oxygen atoms in total. The van der Waals surface area contributed by atoms with Gasteiger partial charge in [0.15, 0.2) is 11.5 Å². The number of anilines is 1. The summed E-state index contributed by atoms with van der Waals surface area (Å²) in [6.07, 6.45) is 0. The molecule has 1 saturated heterocycles. The molecule has 0 saturated carbocycles. The molecule has 0 aromatic heterocycles. The quantitative estimate of drug-likeness (QED) is 0.237. The van der Waals surface area contributed by atoms with Gasteiger partial charge in [0.25, 0.3) is 11.7 Å². The Balaban J connectivity index is 1.68. The minimum atomic E-state index is -0.924. The van der Waals surface area contributed by atoms with Crippen molar-refractivity contribution in [1.82, 2.24) is 0 Å². The van der Waals surface area contributed by atoms with Crippen molar-refractivity contribution in [2.24, 2.45) is 0 Å². The third-order valence-corrected chi connectivity index (χ3v) is 6.38. The monoisotopic (exact) mass is 499 g/mol. The molecular weight excluding hydrogens is 474 g/mol. The molecule has 188 valence electrons. The van der Waals surface area contributed by atoms with Crippen LogP contribution in [0.3, 0.4) is 0 Å². The van der Waals surface area contributed by atoms with Crippen molar-refractivity contribution in [3.05, 3.63) is 94.6 Å². The van der Waals surface area contributed by atoms with E-state index in [2.05, 4.69) is 0 Å². The number of amides is 1. The van der Waals surface area contributed by atoms with E-state index in [9.17, 15) is 19.5 Å². The highest BCUT2D eigenvalue weighted by Crippen LogP contribution is 2.44. The van der Waals surface area contributed by atoms with E-state index in [1.807, 2.05) is 31.2 Å². The van der Waals surface area contributed by atoms with Gasteiger partial charge in [-0.1, -0.05) is 30.3 Å².